The minimum Gasteiger partial charge on any atom is -0.497 e. The SMILES string of the molecule is COc1cc(N)cc(Sc2ccc3c(c2)CCC3)c1. The van der Waals surface area contributed by atoms with Crippen molar-refractivity contribution < 1.29 is 4.74 Å². The van der Waals surface area contributed by atoms with Crippen LogP contribution in [0.25, 0.3) is 0 Å². The summed E-state index contributed by atoms with van der Waals surface area (Å²) >= 11 is 1.74. The molecule has 0 aromatic heterocycles. The molecule has 3 rings (SSSR count). The predicted octanol–water partition coefficient (Wildman–Crippen LogP) is 3.92. The smallest absolute Gasteiger partial charge is 0.122 e. The van der Waals surface area contributed by atoms with Gasteiger partial charge in [-0.3, -0.25) is 0 Å². The third-order valence-corrected chi connectivity index (χ3v) is 4.40. The number of benzene rings is 2. The number of nitrogen functional groups attached to an aromatic ring is 1. The van der Waals surface area contributed by atoms with Crippen molar-refractivity contribution in [1.82, 2.24) is 0 Å². The first kappa shape index (κ1) is 12.4. The zero-order valence-electron chi connectivity index (χ0n) is 11.0. The second-order valence-corrected chi connectivity index (χ2v) is 5.97. The van der Waals surface area contributed by atoms with Crippen LogP contribution in [0.2, 0.25) is 0 Å². The van der Waals surface area contributed by atoms with Crippen LogP contribution in [0.15, 0.2) is 46.2 Å². The Kier molecular flexibility index (Phi) is 3.38. The lowest BCUT2D eigenvalue weighted by molar-refractivity contribution is 0.414. The molecule has 0 spiro atoms. The summed E-state index contributed by atoms with van der Waals surface area (Å²) in [7, 11) is 1.67. The molecule has 0 heterocycles. The highest BCUT2D eigenvalue weighted by molar-refractivity contribution is 7.99. The minimum absolute atomic E-state index is 0.739. The van der Waals surface area contributed by atoms with Crippen LogP contribution in [0.3, 0.4) is 0 Å². The quantitative estimate of drug-likeness (QED) is 0.859. The van der Waals surface area contributed by atoms with Crippen LogP contribution < -0.4 is 10.5 Å². The van der Waals surface area contributed by atoms with Gasteiger partial charge in [-0.25, -0.2) is 0 Å². The molecule has 0 unspecified atom stereocenters. The van der Waals surface area contributed by atoms with Gasteiger partial charge < -0.3 is 10.5 Å². The van der Waals surface area contributed by atoms with E-state index in [2.05, 4.69) is 18.2 Å². The first-order valence-electron chi connectivity index (χ1n) is 6.49. The third-order valence-electron chi connectivity index (χ3n) is 3.44. The van der Waals surface area contributed by atoms with E-state index in [1.54, 1.807) is 18.9 Å². The van der Waals surface area contributed by atoms with Crippen LogP contribution in [-0.2, 0) is 12.8 Å². The maximum absolute atomic E-state index is 5.89. The molecular formula is C16H17NOS. The van der Waals surface area contributed by atoms with Gasteiger partial charge in [0.1, 0.15) is 5.75 Å². The van der Waals surface area contributed by atoms with Gasteiger partial charge in [-0.15, -0.1) is 0 Å². The van der Waals surface area contributed by atoms with Gasteiger partial charge in [0.15, 0.2) is 0 Å². The third kappa shape index (κ3) is 2.71. The van der Waals surface area contributed by atoms with E-state index in [0.29, 0.717) is 0 Å². The van der Waals surface area contributed by atoms with Crippen molar-refractivity contribution >= 4 is 17.4 Å². The Morgan fingerprint density at radius 2 is 1.84 bits per heavy atom. The van der Waals surface area contributed by atoms with Crippen LogP contribution in [-0.4, -0.2) is 7.11 Å². The van der Waals surface area contributed by atoms with Crippen LogP contribution in [0.5, 0.6) is 5.75 Å². The predicted molar refractivity (Wildman–Crippen MR) is 80.0 cm³/mol. The summed E-state index contributed by atoms with van der Waals surface area (Å²) in [5.41, 5.74) is 9.63. The summed E-state index contributed by atoms with van der Waals surface area (Å²) in [5, 5.41) is 0. The van der Waals surface area contributed by atoms with Gasteiger partial charge in [0.05, 0.1) is 7.11 Å². The fraction of sp³-hybridized carbons (Fsp3) is 0.250. The number of nitrogens with two attached hydrogens (primary N) is 1. The van der Waals surface area contributed by atoms with Crippen LogP contribution >= 0.6 is 11.8 Å². The second kappa shape index (κ2) is 5.17. The number of methoxy groups -OCH3 is 1. The minimum atomic E-state index is 0.739. The Bertz CT molecular complexity index is 610. The number of fused-ring (bicyclic) bond motifs is 1. The molecule has 0 atom stereocenters. The average Bonchev–Trinajstić information content (AvgIpc) is 2.85. The number of aryl methyl sites for hydroxylation is 2. The molecule has 3 heteroatoms. The monoisotopic (exact) mass is 271 g/mol. The van der Waals surface area contributed by atoms with E-state index >= 15 is 0 Å². The Morgan fingerprint density at radius 3 is 2.68 bits per heavy atom. The van der Waals surface area contributed by atoms with Crippen LogP contribution in [0.4, 0.5) is 5.69 Å². The van der Waals surface area contributed by atoms with E-state index in [1.165, 1.54) is 35.3 Å². The van der Waals surface area contributed by atoms with E-state index < -0.39 is 0 Å². The molecular weight excluding hydrogens is 254 g/mol. The van der Waals surface area contributed by atoms with E-state index in [4.69, 9.17) is 10.5 Å². The van der Waals surface area contributed by atoms with Crippen molar-refractivity contribution in [3.8, 4) is 5.75 Å². The average molecular weight is 271 g/mol. The molecule has 0 saturated carbocycles. The Hall–Kier alpha value is -1.61. The Balaban J connectivity index is 1.86. The number of hydrogen-bond donors (Lipinski definition) is 1. The van der Waals surface area contributed by atoms with E-state index in [0.717, 1.165) is 16.3 Å². The molecule has 0 bridgehead atoms. The number of anilines is 1. The van der Waals surface area contributed by atoms with Gasteiger partial charge in [-0.1, -0.05) is 17.8 Å². The van der Waals surface area contributed by atoms with Gasteiger partial charge in [0, 0.05) is 21.5 Å². The van der Waals surface area contributed by atoms with Gasteiger partial charge >= 0.3 is 0 Å². The molecule has 2 N–H and O–H groups in total. The summed E-state index contributed by atoms with van der Waals surface area (Å²) in [6.45, 7) is 0. The summed E-state index contributed by atoms with van der Waals surface area (Å²) in [6, 6.07) is 12.6. The molecule has 0 fully saturated rings. The summed E-state index contributed by atoms with van der Waals surface area (Å²) in [5.74, 6) is 0.809. The van der Waals surface area contributed by atoms with Crippen molar-refractivity contribution in [2.45, 2.75) is 29.1 Å². The van der Waals surface area contributed by atoms with Gasteiger partial charge in [0.2, 0.25) is 0 Å². The molecule has 0 saturated heterocycles. The second-order valence-electron chi connectivity index (χ2n) is 4.83. The number of rotatable bonds is 3. The first-order valence-corrected chi connectivity index (χ1v) is 7.30. The zero-order valence-corrected chi connectivity index (χ0v) is 11.8. The molecule has 2 aromatic rings. The summed E-state index contributed by atoms with van der Waals surface area (Å²) in [6.07, 6.45) is 3.73. The molecule has 19 heavy (non-hydrogen) atoms. The summed E-state index contributed by atoms with van der Waals surface area (Å²) in [4.78, 5) is 2.39. The molecule has 1 aliphatic carbocycles. The first-order chi connectivity index (χ1) is 9.24. The van der Waals surface area contributed by atoms with Crippen molar-refractivity contribution in [1.29, 1.82) is 0 Å². The van der Waals surface area contributed by atoms with Gasteiger partial charge in [0.25, 0.3) is 0 Å². The van der Waals surface area contributed by atoms with E-state index in [-0.39, 0.29) is 0 Å². The normalized spacial score (nSPS) is 13.3. The largest absolute Gasteiger partial charge is 0.497 e. The van der Waals surface area contributed by atoms with E-state index in [9.17, 15) is 0 Å². The lowest BCUT2D eigenvalue weighted by atomic mass is 10.1. The maximum atomic E-state index is 5.89. The van der Waals surface area contributed by atoms with Crippen molar-refractivity contribution in [2.24, 2.45) is 0 Å². The highest BCUT2D eigenvalue weighted by Gasteiger charge is 2.11. The van der Waals surface area contributed by atoms with E-state index in [1.807, 2.05) is 18.2 Å². The maximum Gasteiger partial charge on any atom is 0.122 e. The number of hydrogen-bond acceptors (Lipinski definition) is 3. The van der Waals surface area contributed by atoms with Gasteiger partial charge in [-0.2, -0.15) is 0 Å². The van der Waals surface area contributed by atoms with Crippen LogP contribution in [0, 0.1) is 0 Å². The van der Waals surface area contributed by atoms with Crippen LogP contribution in [0.1, 0.15) is 17.5 Å². The molecule has 2 nitrogen and oxygen atoms in total. The van der Waals surface area contributed by atoms with Crippen molar-refractivity contribution in [3.05, 3.63) is 47.5 Å². The highest BCUT2D eigenvalue weighted by Crippen LogP contribution is 2.34. The van der Waals surface area contributed by atoms with Crippen molar-refractivity contribution in [3.63, 3.8) is 0 Å². The highest BCUT2D eigenvalue weighted by atomic mass is 32.2. The zero-order chi connectivity index (χ0) is 13.2. The molecule has 98 valence electrons. The van der Waals surface area contributed by atoms with Gasteiger partial charge in [-0.05, 0) is 54.7 Å². The summed E-state index contributed by atoms with van der Waals surface area (Å²) < 4.78 is 5.25. The fourth-order valence-electron chi connectivity index (χ4n) is 2.52. The Morgan fingerprint density at radius 1 is 1.00 bits per heavy atom. The lowest BCUT2D eigenvalue weighted by Gasteiger charge is -2.08. The standard InChI is InChI=1S/C16H17NOS/c1-18-14-8-13(17)9-16(10-14)19-15-6-5-11-3-2-4-12(11)7-15/h5-10H,2-4,17H2,1H3. The molecule has 2 aromatic carbocycles. The molecule has 0 radical (unpaired) electrons. The molecule has 1 aliphatic rings. The van der Waals surface area contributed by atoms with Crippen molar-refractivity contribution in [2.75, 3.05) is 12.8 Å². The topological polar surface area (TPSA) is 35.2 Å². The fourth-order valence-corrected chi connectivity index (χ4v) is 3.50. The molecule has 0 amide bonds. The number of ether oxygens (including phenoxy) is 1. The molecule has 0 aliphatic heterocycles. The lowest BCUT2D eigenvalue weighted by Crippen LogP contribution is -1.89. The Labute approximate surface area is 118 Å².